The van der Waals surface area contributed by atoms with E-state index in [2.05, 4.69) is 5.92 Å². The maximum absolute atomic E-state index is 12.6. The van der Waals surface area contributed by atoms with Crippen LogP contribution in [0.2, 0.25) is 0 Å². The minimum atomic E-state index is -0.303. The van der Waals surface area contributed by atoms with E-state index in [1.54, 1.807) is 19.2 Å². The van der Waals surface area contributed by atoms with Gasteiger partial charge in [-0.3, -0.25) is 4.79 Å². The van der Waals surface area contributed by atoms with Crippen molar-refractivity contribution >= 4 is 5.91 Å². The molecule has 2 nitrogen and oxygen atoms in total. The van der Waals surface area contributed by atoms with E-state index in [0.29, 0.717) is 6.54 Å². The molecule has 0 saturated heterocycles. The molecule has 0 heterocycles. The third kappa shape index (κ3) is 3.43. The molecule has 0 radical (unpaired) electrons. The fourth-order valence-electron chi connectivity index (χ4n) is 1.14. The summed E-state index contributed by atoms with van der Waals surface area (Å²) >= 11 is 0. The average Bonchev–Trinajstić information content (AvgIpc) is 2.22. The summed E-state index contributed by atoms with van der Waals surface area (Å²) in [4.78, 5) is 13.0. The zero-order chi connectivity index (χ0) is 11.3. The van der Waals surface area contributed by atoms with Gasteiger partial charge >= 0.3 is 0 Å². The highest BCUT2D eigenvalue weighted by molar-refractivity contribution is 5.78. The summed E-state index contributed by atoms with van der Waals surface area (Å²) in [6.45, 7) is 0.292. The smallest absolute Gasteiger partial charge is 0.227 e. The molecule has 0 atom stereocenters. The van der Waals surface area contributed by atoms with Crippen LogP contribution in [-0.2, 0) is 11.2 Å². The van der Waals surface area contributed by atoms with Crippen molar-refractivity contribution < 1.29 is 9.18 Å². The van der Waals surface area contributed by atoms with Crippen LogP contribution in [0.3, 0.4) is 0 Å². The van der Waals surface area contributed by atoms with Crippen molar-refractivity contribution in [3.05, 3.63) is 35.6 Å². The van der Waals surface area contributed by atoms with E-state index in [9.17, 15) is 9.18 Å². The largest absolute Gasteiger partial charge is 0.334 e. The predicted molar refractivity (Wildman–Crippen MR) is 56.6 cm³/mol. The lowest BCUT2D eigenvalue weighted by molar-refractivity contribution is -0.128. The minimum Gasteiger partial charge on any atom is -0.334 e. The molecule has 0 aliphatic heterocycles. The molecule has 0 aliphatic carbocycles. The number of carbonyl (C=O) groups excluding carboxylic acids is 1. The Hall–Kier alpha value is -1.82. The molecule has 1 rings (SSSR count). The molecule has 1 aromatic carbocycles. The number of hydrogen-bond acceptors (Lipinski definition) is 1. The van der Waals surface area contributed by atoms with Gasteiger partial charge in [-0.2, -0.15) is 0 Å². The Kier molecular flexibility index (Phi) is 3.87. The highest BCUT2D eigenvalue weighted by Crippen LogP contribution is 2.04. The lowest BCUT2D eigenvalue weighted by Crippen LogP contribution is -2.28. The van der Waals surface area contributed by atoms with Crippen molar-refractivity contribution in [3.63, 3.8) is 0 Å². The Labute approximate surface area is 88.7 Å². The van der Waals surface area contributed by atoms with E-state index >= 15 is 0 Å². The first kappa shape index (κ1) is 11.3. The zero-order valence-corrected chi connectivity index (χ0v) is 8.53. The fraction of sp³-hybridized carbons (Fsp3) is 0.250. The molecule has 0 bridgehead atoms. The molecule has 3 heteroatoms. The first-order valence-electron chi connectivity index (χ1n) is 4.55. The molecule has 78 valence electrons. The van der Waals surface area contributed by atoms with Gasteiger partial charge in [0.1, 0.15) is 5.82 Å². The molecule has 0 aliphatic rings. The summed E-state index contributed by atoms with van der Waals surface area (Å²) in [6.07, 6.45) is 5.34. The molecule has 0 saturated carbocycles. The van der Waals surface area contributed by atoms with Crippen molar-refractivity contribution in [2.24, 2.45) is 0 Å². The topological polar surface area (TPSA) is 20.3 Å². The third-order valence-corrected chi connectivity index (χ3v) is 2.02. The third-order valence-electron chi connectivity index (χ3n) is 2.02. The van der Waals surface area contributed by atoms with Crippen LogP contribution in [0.4, 0.5) is 4.39 Å². The molecular formula is C12H12FNO. The van der Waals surface area contributed by atoms with Crippen molar-refractivity contribution in [1.82, 2.24) is 4.90 Å². The first-order valence-corrected chi connectivity index (χ1v) is 4.55. The Morgan fingerprint density at radius 1 is 1.47 bits per heavy atom. The first-order chi connectivity index (χ1) is 7.13. The highest BCUT2D eigenvalue weighted by atomic mass is 19.1. The van der Waals surface area contributed by atoms with Crippen LogP contribution >= 0.6 is 0 Å². The second-order valence-corrected chi connectivity index (χ2v) is 3.26. The summed E-state index contributed by atoms with van der Waals surface area (Å²) in [5.74, 6) is 2.02. The maximum atomic E-state index is 12.6. The molecule has 0 N–H and O–H groups in total. The maximum Gasteiger partial charge on any atom is 0.227 e. The normalized spacial score (nSPS) is 9.40. The van der Waals surface area contributed by atoms with Crippen LogP contribution in [-0.4, -0.2) is 24.4 Å². The number of carbonyl (C=O) groups is 1. The highest BCUT2D eigenvalue weighted by Gasteiger charge is 2.07. The number of nitrogens with zero attached hydrogens (tertiary/aromatic N) is 1. The molecule has 1 aromatic rings. The second kappa shape index (κ2) is 5.16. The van der Waals surface area contributed by atoms with E-state index < -0.39 is 0 Å². The van der Waals surface area contributed by atoms with Crippen LogP contribution in [0.5, 0.6) is 0 Å². The van der Waals surface area contributed by atoms with Gasteiger partial charge < -0.3 is 4.90 Å². The molecule has 1 amide bonds. The number of rotatable bonds is 3. The fourth-order valence-corrected chi connectivity index (χ4v) is 1.14. The lowest BCUT2D eigenvalue weighted by Gasteiger charge is -2.13. The molecule has 0 spiro atoms. The van der Waals surface area contributed by atoms with Crippen LogP contribution in [0.1, 0.15) is 5.56 Å². The Morgan fingerprint density at radius 2 is 2.07 bits per heavy atom. The summed E-state index contributed by atoms with van der Waals surface area (Å²) in [5, 5.41) is 0. The Bertz CT molecular complexity index is 378. The lowest BCUT2D eigenvalue weighted by atomic mass is 10.1. The van der Waals surface area contributed by atoms with Gasteiger partial charge in [-0.15, -0.1) is 6.42 Å². The van der Waals surface area contributed by atoms with Crippen molar-refractivity contribution in [2.75, 3.05) is 13.6 Å². The van der Waals surface area contributed by atoms with Gasteiger partial charge in [-0.05, 0) is 17.7 Å². The number of amides is 1. The average molecular weight is 205 g/mol. The number of halogens is 1. The van der Waals surface area contributed by atoms with E-state index in [1.807, 2.05) is 0 Å². The van der Waals surface area contributed by atoms with Crippen LogP contribution in [0, 0.1) is 18.2 Å². The van der Waals surface area contributed by atoms with Gasteiger partial charge in [0.25, 0.3) is 0 Å². The quantitative estimate of drug-likeness (QED) is 0.684. The van der Waals surface area contributed by atoms with Gasteiger partial charge in [-0.1, -0.05) is 18.1 Å². The number of hydrogen-bond donors (Lipinski definition) is 0. The number of likely N-dealkylation sites (N-methyl/N-ethyl adjacent to an activating group) is 1. The van der Waals surface area contributed by atoms with E-state index in [0.717, 1.165) is 5.56 Å². The molecule has 0 aromatic heterocycles. The zero-order valence-electron chi connectivity index (χ0n) is 8.53. The summed E-state index contributed by atoms with van der Waals surface area (Å²) < 4.78 is 12.6. The van der Waals surface area contributed by atoms with Gasteiger partial charge in [0.15, 0.2) is 0 Å². The van der Waals surface area contributed by atoms with Crippen LogP contribution in [0.15, 0.2) is 24.3 Å². The molecule has 0 unspecified atom stereocenters. The van der Waals surface area contributed by atoms with Crippen LogP contribution in [0.25, 0.3) is 0 Å². The summed E-state index contributed by atoms with van der Waals surface area (Å²) in [7, 11) is 1.64. The number of benzene rings is 1. The van der Waals surface area contributed by atoms with Gasteiger partial charge in [0, 0.05) is 7.05 Å². The minimum absolute atomic E-state index is 0.0699. The predicted octanol–water partition coefficient (Wildman–Crippen LogP) is 1.46. The van der Waals surface area contributed by atoms with E-state index in [-0.39, 0.29) is 18.1 Å². The van der Waals surface area contributed by atoms with Crippen molar-refractivity contribution in [3.8, 4) is 12.3 Å². The van der Waals surface area contributed by atoms with Gasteiger partial charge in [0.2, 0.25) is 5.91 Å². The monoisotopic (exact) mass is 205 g/mol. The van der Waals surface area contributed by atoms with Gasteiger partial charge in [-0.25, -0.2) is 4.39 Å². The van der Waals surface area contributed by atoms with Crippen molar-refractivity contribution in [1.29, 1.82) is 0 Å². The van der Waals surface area contributed by atoms with Crippen LogP contribution < -0.4 is 0 Å². The molecule has 15 heavy (non-hydrogen) atoms. The Morgan fingerprint density at radius 3 is 2.60 bits per heavy atom. The SMILES string of the molecule is C#CCN(C)C(=O)Cc1ccc(F)cc1. The molecular weight excluding hydrogens is 193 g/mol. The summed E-state index contributed by atoms with van der Waals surface area (Å²) in [5.41, 5.74) is 0.783. The van der Waals surface area contributed by atoms with Gasteiger partial charge in [0.05, 0.1) is 13.0 Å². The number of terminal acetylenes is 1. The second-order valence-electron chi connectivity index (χ2n) is 3.26. The van der Waals surface area contributed by atoms with Crippen molar-refractivity contribution in [2.45, 2.75) is 6.42 Å². The van der Waals surface area contributed by atoms with E-state index in [1.165, 1.54) is 17.0 Å². The molecule has 0 fully saturated rings. The van der Waals surface area contributed by atoms with E-state index in [4.69, 9.17) is 6.42 Å². The summed E-state index contributed by atoms with van der Waals surface area (Å²) in [6, 6.07) is 5.86. The Balaban J connectivity index is 2.59. The standard InChI is InChI=1S/C12H12FNO/c1-3-8-14(2)12(15)9-10-4-6-11(13)7-5-10/h1,4-7H,8-9H2,2H3.